The predicted octanol–water partition coefficient (Wildman–Crippen LogP) is 1.97. The molecule has 0 bridgehead atoms. The molecule has 0 saturated carbocycles. The largest absolute Gasteiger partial charge is 0.387 e. The first kappa shape index (κ1) is 14.9. The number of aliphatic hydroxyl groups excluding tert-OH is 1. The summed E-state index contributed by atoms with van der Waals surface area (Å²) in [4.78, 5) is 10.0. The van der Waals surface area contributed by atoms with E-state index in [1.54, 1.807) is 23.9 Å². The Balaban J connectivity index is 2.51. The number of nitro groups is 1. The minimum Gasteiger partial charge on any atom is -0.387 e. The van der Waals surface area contributed by atoms with Crippen molar-refractivity contribution in [2.24, 2.45) is 0 Å². The van der Waals surface area contributed by atoms with Crippen LogP contribution in [0, 0.1) is 10.1 Å². The van der Waals surface area contributed by atoms with Gasteiger partial charge in [0.05, 0.1) is 11.0 Å². The average Bonchev–Trinajstić information content (AvgIpc) is 2.36. The molecule has 6 heteroatoms. The van der Waals surface area contributed by atoms with Crippen molar-refractivity contribution in [3.63, 3.8) is 0 Å². The number of hydrogen-bond donors (Lipinski definition) is 2. The third-order valence-electron chi connectivity index (χ3n) is 2.57. The van der Waals surface area contributed by atoms with Gasteiger partial charge in [0.25, 0.3) is 5.69 Å². The minimum absolute atomic E-state index is 0.0367. The molecule has 0 spiro atoms. The normalized spacial score (nSPS) is 14.2. The Kier molecular flexibility index (Phi) is 6.11. The van der Waals surface area contributed by atoms with Gasteiger partial charge in [0, 0.05) is 30.5 Å². The molecular weight excluding hydrogens is 252 g/mol. The van der Waals surface area contributed by atoms with E-state index in [0.717, 1.165) is 5.75 Å². The van der Waals surface area contributed by atoms with Crippen molar-refractivity contribution in [1.29, 1.82) is 0 Å². The van der Waals surface area contributed by atoms with Gasteiger partial charge in [-0.05, 0) is 30.9 Å². The molecule has 0 aliphatic heterocycles. The van der Waals surface area contributed by atoms with Crippen LogP contribution in [0.25, 0.3) is 0 Å². The first-order valence-electron chi connectivity index (χ1n) is 5.69. The zero-order chi connectivity index (χ0) is 13.5. The SMILES string of the molecule is CSCC(C)NCC(O)c1ccc([N+](=O)[O-])cc1. The second kappa shape index (κ2) is 7.35. The number of benzene rings is 1. The van der Waals surface area contributed by atoms with E-state index < -0.39 is 11.0 Å². The van der Waals surface area contributed by atoms with Gasteiger partial charge in [-0.2, -0.15) is 11.8 Å². The summed E-state index contributed by atoms with van der Waals surface area (Å²) in [5.41, 5.74) is 0.721. The molecule has 2 unspecified atom stereocenters. The molecule has 0 saturated heterocycles. The molecule has 0 amide bonds. The fraction of sp³-hybridized carbons (Fsp3) is 0.500. The molecule has 1 aromatic rings. The van der Waals surface area contributed by atoms with Crippen LogP contribution >= 0.6 is 11.8 Å². The van der Waals surface area contributed by atoms with Crippen molar-refractivity contribution in [3.05, 3.63) is 39.9 Å². The first-order chi connectivity index (χ1) is 8.54. The lowest BCUT2D eigenvalue weighted by Gasteiger charge is -2.16. The second-order valence-corrected chi connectivity index (χ2v) is 5.04. The van der Waals surface area contributed by atoms with Crippen LogP contribution in [0.3, 0.4) is 0 Å². The number of thioether (sulfide) groups is 1. The molecule has 0 fully saturated rings. The standard InChI is InChI=1S/C12H18N2O3S/c1-9(8-18-2)13-7-12(15)10-3-5-11(6-4-10)14(16)17/h3-6,9,12-13,15H,7-8H2,1-2H3. The summed E-state index contributed by atoms with van der Waals surface area (Å²) in [5, 5.41) is 23.6. The highest BCUT2D eigenvalue weighted by molar-refractivity contribution is 7.98. The zero-order valence-electron chi connectivity index (χ0n) is 10.5. The number of nitro benzene ring substituents is 1. The summed E-state index contributed by atoms with van der Waals surface area (Å²) in [5.74, 6) is 0.979. The van der Waals surface area contributed by atoms with Crippen LogP contribution in [0.2, 0.25) is 0 Å². The summed E-state index contributed by atoms with van der Waals surface area (Å²) in [6.07, 6.45) is 1.39. The van der Waals surface area contributed by atoms with Gasteiger partial charge in [-0.3, -0.25) is 10.1 Å². The maximum atomic E-state index is 10.5. The molecule has 18 heavy (non-hydrogen) atoms. The van der Waals surface area contributed by atoms with Gasteiger partial charge >= 0.3 is 0 Å². The van der Waals surface area contributed by atoms with E-state index in [4.69, 9.17) is 0 Å². The van der Waals surface area contributed by atoms with E-state index in [0.29, 0.717) is 18.2 Å². The Morgan fingerprint density at radius 1 is 1.44 bits per heavy atom. The number of non-ortho nitro benzene ring substituents is 1. The molecule has 1 aromatic carbocycles. The number of rotatable bonds is 7. The number of nitrogens with zero attached hydrogens (tertiary/aromatic N) is 1. The highest BCUT2D eigenvalue weighted by atomic mass is 32.2. The van der Waals surface area contributed by atoms with Gasteiger partial charge < -0.3 is 10.4 Å². The summed E-state index contributed by atoms with van der Waals surface area (Å²) in [7, 11) is 0. The smallest absolute Gasteiger partial charge is 0.269 e. The van der Waals surface area contributed by atoms with Crippen molar-refractivity contribution in [2.45, 2.75) is 19.1 Å². The van der Waals surface area contributed by atoms with Crippen LogP contribution in [0.15, 0.2) is 24.3 Å². The molecule has 2 atom stereocenters. The monoisotopic (exact) mass is 270 g/mol. The second-order valence-electron chi connectivity index (χ2n) is 4.13. The van der Waals surface area contributed by atoms with Crippen molar-refractivity contribution in [1.82, 2.24) is 5.32 Å². The molecule has 5 nitrogen and oxygen atoms in total. The fourth-order valence-corrected chi connectivity index (χ4v) is 2.18. The van der Waals surface area contributed by atoms with Crippen LogP contribution in [0.4, 0.5) is 5.69 Å². The molecule has 0 radical (unpaired) electrons. The van der Waals surface area contributed by atoms with Crippen molar-refractivity contribution in [3.8, 4) is 0 Å². The first-order valence-corrected chi connectivity index (χ1v) is 7.08. The van der Waals surface area contributed by atoms with Crippen molar-refractivity contribution < 1.29 is 10.0 Å². The summed E-state index contributed by atoms with van der Waals surface area (Å²) in [6.45, 7) is 2.50. The van der Waals surface area contributed by atoms with Gasteiger partial charge in [-0.15, -0.1) is 0 Å². The Morgan fingerprint density at radius 2 is 2.06 bits per heavy atom. The lowest BCUT2D eigenvalue weighted by Crippen LogP contribution is -2.32. The zero-order valence-corrected chi connectivity index (χ0v) is 11.3. The fourth-order valence-electron chi connectivity index (χ4n) is 1.56. The summed E-state index contributed by atoms with van der Waals surface area (Å²) < 4.78 is 0. The molecule has 100 valence electrons. The Labute approximate surface area is 111 Å². The average molecular weight is 270 g/mol. The van der Waals surface area contributed by atoms with E-state index in [1.807, 2.05) is 6.26 Å². The van der Waals surface area contributed by atoms with Crippen molar-refractivity contribution >= 4 is 17.4 Å². The van der Waals surface area contributed by atoms with Crippen LogP contribution in [-0.2, 0) is 0 Å². The number of aliphatic hydroxyl groups is 1. The molecule has 0 aliphatic carbocycles. The Hall–Kier alpha value is -1.11. The quantitative estimate of drug-likeness (QED) is 0.585. The van der Waals surface area contributed by atoms with E-state index in [2.05, 4.69) is 12.2 Å². The van der Waals surface area contributed by atoms with Gasteiger partial charge in [-0.25, -0.2) is 0 Å². The number of hydrogen-bond acceptors (Lipinski definition) is 5. The summed E-state index contributed by atoms with van der Waals surface area (Å²) in [6, 6.07) is 6.31. The highest BCUT2D eigenvalue weighted by Gasteiger charge is 2.11. The van der Waals surface area contributed by atoms with E-state index >= 15 is 0 Å². The highest BCUT2D eigenvalue weighted by Crippen LogP contribution is 2.17. The Bertz CT molecular complexity index is 383. The molecular formula is C12H18N2O3S. The maximum absolute atomic E-state index is 10.5. The molecule has 0 heterocycles. The third-order valence-corrected chi connectivity index (χ3v) is 3.40. The van der Waals surface area contributed by atoms with E-state index in [9.17, 15) is 15.2 Å². The maximum Gasteiger partial charge on any atom is 0.269 e. The number of nitrogens with one attached hydrogen (secondary N) is 1. The lowest BCUT2D eigenvalue weighted by atomic mass is 10.1. The molecule has 0 aromatic heterocycles. The third kappa shape index (κ3) is 4.64. The van der Waals surface area contributed by atoms with Crippen LogP contribution in [-0.4, -0.2) is 34.6 Å². The van der Waals surface area contributed by atoms with Crippen LogP contribution < -0.4 is 5.32 Å². The van der Waals surface area contributed by atoms with Crippen LogP contribution in [0.5, 0.6) is 0 Å². The van der Waals surface area contributed by atoms with Gasteiger partial charge in [0.1, 0.15) is 0 Å². The van der Waals surface area contributed by atoms with Crippen LogP contribution in [0.1, 0.15) is 18.6 Å². The topological polar surface area (TPSA) is 75.4 Å². The van der Waals surface area contributed by atoms with E-state index in [-0.39, 0.29) is 5.69 Å². The molecule has 2 N–H and O–H groups in total. The summed E-state index contributed by atoms with van der Waals surface area (Å²) >= 11 is 1.74. The van der Waals surface area contributed by atoms with Gasteiger partial charge in [0.15, 0.2) is 0 Å². The molecule has 0 aliphatic rings. The van der Waals surface area contributed by atoms with Gasteiger partial charge in [0.2, 0.25) is 0 Å². The predicted molar refractivity (Wildman–Crippen MR) is 73.9 cm³/mol. The molecule has 1 rings (SSSR count). The lowest BCUT2D eigenvalue weighted by molar-refractivity contribution is -0.384. The minimum atomic E-state index is -0.643. The van der Waals surface area contributed by atoms with Gasteiger partial charge in [-0.1, -0.05) is 0 Å². The Morgan fingerprint density at radius 3 is 2.56 bits per heavy atom. The van der Waals surface area contributed by atoms with Crippen molar-refractivity contribution in [2.75, 3.05) is 18.6 Å². The van der Waals surface area contributed by atoms with E-state index in [1.165, 1.54) is 12.1 Å².